The molecule has 0 N–H and O–H groups in total. The van der Waals surface area contributed by atoms with E-state index >= 15 is 0 Å². The largest absolute Gasteiger partial charge is 0.230 e. The molecule has 1 heterocycles. The highest BCUT2D eigenvalue weighted by Crippen LogP contribution is 2.32. The number of benzene rings is 1. The van der Waals surface area contributed by atoms with Crippen molar-refractivity contribution in [2.24, 2.45) is 5.92 Å². The maximum atomic E-state index is 5.99. The summed E-state index contributed by atoms with van der Waals surface area (Å²) < 4.78 is 0.715. The van der Waals surface area contributed by atoms with Gasteiger partial charge in [-0.1, -0.05) is 41.9 Å². The molecule has 2 aromatic rings. The topological polar surface area (TPSA) is 12.9 Å². The maximum Gasteiger partial charge on any atom is 0.184 e. The van der Waals surface area contributed by atoms with E-state index in [1.807, 2.05) is 0 Å². The summed E-state index contributed by atoms with van der Waals surface area (Å²) >= 11 is 7.66. The fraction of sp³-hybridized carbons (Fsp3) is 0.438. The highest BCUT2D eigenvalue weighted by molar-refractivity contribution is 7.15. The van der Waals surface area contributed by atoms with Crippen LogP contribution in [0.15, 0.2) is 30.3 Å². The van der Waals surface area contributed by atoms with E-state index < -0.39 is 0 Å². The van der Waals surface area contributed by atoms with Crippen LogP contribution in [-0.4, -0.2) is 4.98 Å². The number of aromatic nitrogens is 1. The van der Waals surface area contributed by atoms with Gasteiger partial charge in [0.2, 0.25) is 0 Å². The molecular weight excluding hydrogens is 274 g/mol. The number of rotatable bonds is 3. The predicted molar refractivity (Wildman–Crippen MR) is 82.0 cm³/mol. The van der Waals surface area contributed by atoms with Crippen molar-refractivity contribution in [3.05, 3.63) is 50.9 Å². The first-order chi connectivity index (χ1) is 9.31. The van der Waals surface area contributed by atoms with E-state index in [2.05, 4.69) is 35.3 Å². The molecule has 0 saturated carbocycles. The van der Waals surface area contributed by atoms with Crippen LogP contribution >= 0.6 is 22.9 Å². The molecular formula is C16H18ClNS. The van der Waals surface area contributed by atoms with Crippen molar-refractivity contribution in [1.29, 1.82) is 0 Å². The summed E-state index contributed by atoms with van der Waals surface area (Å²) in [7, 11) is 0. The van der Waals surface area contributed by atoms with Crippen LogP contribution in [0.1, 0.15) is 35.4 Å². The van der Waals surface area contributed by atoms with Gasteiger partial charge in [-0.25, -0.2) is 4.98 Å². The average Bonchev–Trinajstić information content (AvgIpc) is 2.69. The van der Waals surface area contributed by atoms with Crippen LogP contribution in [0.3, 0.4) is 0 Å². The Bertz CT molecular complexity index is 509. The van der Waals surface area contributed by atoms with E-state index in [0.29, 0.717) is 4.47 Å². The summed E-state index contributed by atoms with van der Waals surface area (Å²) in [6, 6.07) is 10.8. The number of hydrogen-bond donors (Lipinski definition) is 0. The summed E-state index contributed by atoms with van der Waals surface area (Å²) in [5.41, 5.74) is 2.72. The Hall–Kier alpha value is -0.860. The standard InChI is InChI=1S/C16H18ClNS/c17-16-18-14-10-8-13(9-11-15(14)19-16)7-6-12-4-2-1-3-5-12/h1-5,13H,6-11H2. The monoisotopic (exact) mass is 291 g/mol. The minimum absolute atomic E-state index is 0.715. The van der Waals surface area contributed by atoms with Gasteiger partial charge >= 0.3 is 0 Å². The molecule has 1 aliphatic carbocycles. The van der Waals surface area contributed by atoms with Gasteiger partial charge < -0.3 is 0 Å². The Morgan fingerprint density at radius 3 is 2.79 bits per heavy atom. The van der Waals surface area contributed by atoms with Crippen LogP contribution in [0, 0.1) is 5.92 Å². The number of aryl methyl sites for hydroxylation is 3. The fourth-order valence-electron chi connectivity index (χ4n) is 2.87. The SMILES string of the molecule is Clc1nc2c(s1)CCC(CCc1ccccc1)CC2. The molecule has 100 valence electrons. The van der Waals surface area contributed by atoms with Gasteiger partial charge in [-0.05, 0) is 50.0 Å². The Morgan fingerprint density at radius 1 is 1.16 bits per heavy atom. The van der Waals surface area contributed by atoms with Crippen molar-refractivity contribution in [1.82, 2.24) is 4.98 Å². The third-order valence-electron chi connectivity index (χ3n) is 4.01. The molecule has 0 saturated heterocycles. The van der Waals surface area contributed by atoms with Crippen LogP contribution in [0.25, 0.3) is 0 Å². The highest BCUT2D eigenvalue weighted by atomic mass is 35.5. The number of thiazole rings is 1. The first-order valence-corrected chi connectivity index (χ1v) is 8.18. The van der Waals surface area contributed by atoms with Gasteiger partial charge in [0, 0.05) is 4.88 Å². The molecule has 0 amide bonds. The first-order valence-electron chi connectivity index (χ1n) is 6.99. The van der Waals surface area contributed by atoms with Gasteiger partial charge in [0.1, 0.15) is 0 Å². The molecule has 1 atom stereocenters. The maximum absolute atomic E-state index is 5.99. The molecule has 19 heavy (non-hydrogen) atoms. The lowest BCUT2D eigenvalue weighted by Gasteiger charge is -2.13. The van der Waals surface area contributed by atoms with Gasteiger partial charge in [-0.15, -0.1) is 11.3 Å². The van der Waals surface area contributed by atoms with Crippen molar-refractivity contribution in [2.45, 2.75) is 38.5 Å². The van der Waals surface area contributed by atoms with Crippen molar-refractivity contribution in [2.75, 3.05) is 0 Å². The molecule has 0 radical (unpaired) electrons. The molecule has 1 aliphatic rings. The third kappa shape index (κ3) is 3.37. The summed E-state index contributed by atoms with van der Waals surface area (Å²) in [4.78, 5) is 5.87. The first kappa shape index (κ1) is 13.1. The van der Waals surface area contributed by atoms with E-state index in [1.54, 1.807) is 11.3 Å². The molecule has 1 unspecified atom stereocenters. The Labute approximate surface area is 123 Å². The van der Waals surface area contributed by atoms with E-state index in [9.17, 15) is 0 Å². The van der Waals surface area contributed by atoms with Crippen molar-refractivity contribution >= 4 is 22.9 Å². The predicted octanol–water partition coefficient (Wildman–Crippen LogP) is 4.92. The smallest absolute Gasteiger partial charge is 0.184 e. The molecule has 0 fully saturated rings. The van der Waals surface area contributed by atoms with Gasteiger partial charge in [0.25, 0.3) is 0 Å². The lowest BCUT2D eigenvalue weighted by atomic mass is 9.93. The Kier molecular flexibility index (Phi) is 4.19. The van der Waals surface area contributed by atoms with Crippen LogP contribution in [0.2, 0.25) is 4.47 Å². The summed E-state index contributed by atoms with van der Waals surface area (Å²) in [5, 5.41) is 0. The van der Waals surface area contributed by atoms with E-state index in [-0.39, 0.29) is 0 Å². The molecule has 0 spiro atoms. The highest BCUT2D eigenvalue weighted by Gasteiger charge is 2.19. The number of halogens is 1. The lowest BCUT2D eigenvalue weighted by Crippen LogP contribution is -2.03. The fourth-order valence-corrected chi connectivity index (χ4v) is 4.09. The van der Waals surface area contributed by atoms with E-state index in [4.69, 9.17) is 11.6 Å². The second-order valence-corrected chi connectivity index (χ2v) is 6.97. The minimum atomic E-state index is 0.715. The number of nitrogens with zero attached hydrogens (tertiary/aromatic N) is 1. The van der Waals surface area contributed by atoms with Crippen molar-refractivity contribution in [3.8, 4) is 0 Å². The van der Waals surface area contributed by atoms with Crippen LogP contribution in [-0.2, 0) is 19.3 Å². The molecule has 0 bridgehead atoms. The summed E-state index contributed by atoms with van der Waals surface area (Å²) in [6.45, 7) is 0. The van der Waals surface area contributed by atoms with Gasteiger partial charge in [0.05, 0.1) is 5.69 Å². The summed E-state index contributed by atoms with van der Waals surface area (Å²) in [5.74, 6) is 0.834. The zero-order valence-corrected chi connectivity index (χ0v) is 12.5. The summed E-state index contributed by atoms with van der Waals surface area (Å²) in [6.07, 6.45) is 7.33. The molecule has 0 aliphatic heterocycles. The van der Waals surface area contributed by atoms with Crippen molar-refractivity contribution in [3.63, 3.8) is 0 Å². The zero-order chi connectivity index (χ0) is 13.1. The van der Waals surface area contributed by atoms with Gasteiger partial charge in [-0.3, -0.25) is 0 Å². The molecule has 1 aromatic heterocycles. The second-order valence-electron chi connectivity index (χ2n) is 5.30. The zero-order valence-electron chi connectivity index (χ0n) is 10.9. The van der Waals surface area contributed by atoms with Gasteiger partial charge in [0.15, 0.2) is 4.47 Å². The normalized spacial score (nSPS) is 18.9. The number of fused-ring (bicyclic) bond motifs is 1. The molecule has 1 aromatic carbocycles. The van der Waals surface area contributed by atoms with Gasteiger partial charge in [-0.2, -0.15) is 0 Å². The minimum Gasteiger partial charge on any atom is -0.230 e. The van der Waals surface area contributed by atoms with Crippen molar-refractivity contribution < 1.29 is 0 Å². The Balaban J connectivity index is 1.56. The Morgan fingerprint density at radius 2 is 1.95 bits per heavy atom. The molecule has 3 rings (SSSR count). The second kappa shape index (κ2) is 6.06. The van der Waals surface area contributed by atoms with E-state index in [0.717, 1.165) is 12.3 Å². The van der Waals surface area contributed by atoms with Crippen LogP contribution in [0.4, 0.5) is 0 Å². The number of hydrogen-bond acceptors (Lipinski definition) is 2. The lowest BCUT2D eigenvalue weighted by molar-refractivity contribution is 0.431. The average molecular weight is 292 g/mol. The molecule has 3 heteroatoms. The van der Waals surface area contributed by atoms with Crippen LogP contribution < -0.4 is 0 Å². The van der Waals surface area contributed by atoms with Crippen LogP contribution in [0.5, 0.6) is 0 Å². The molecule has 1 nitrogen and oxygen atoms in total. The van der Waals surface area contributed by atoms with E-state index in [1.165, 1.54) is 48.2 Å². The third-order valence-corrected chi connectivity index (χ3v) is 5.27. The quantitative estimate of drug-likeness (QED) is 0.731.